The molecule has 1 amide bonds. The molecule has 1 aliphatic rings. The standard InChI is InChI=1S/C12H14N2O5S2/c1-7-14(10(6-20-7)12(16)17)21(18,19)9-4-2-8(3-5-9)11(13)15/h2-5,7,10H,6H2,1H3,(H2,13,15)(H,16,17). The lowest BCUT2D eigenvalue weighted by Gasteiger charge is -2.24. The first-order valence-corrected chi connectivity index (χ1v) is 8.52. The van der Waals surface area contributed by atoms with Gasteiger partial charge in [0.1, 0.15) is 6.04 Å². The van der Waals surface area contributed by atoms with E-state index in [1.165, 1.54) is 36.0 Å². The molecule has 2 unspecified atom stereocenters. The third kappa shape index (κ3) is 2.89. The molecule has 1 aromatic rings. The lowest BCUT2D eigenvalue weighted by Crippen LogP contribution is -2.44. The van der Waals surface area contributed by atoms with Gasteiger partial charge in [-0.2, -0.15) is 4.31 Å². The molecule has 0 radical (unpaired) electrons. The molecule has 0 aliphatic carbocycles. The number of sulfonamides is 1. The summed E-state index contributed by atoms with van der Waals surface area (Å²) >= 11 is 1.26. The van der Waals surface area contributed by atoms with Crippen molar-refractivity contribution in [2.24, 2.45) is 5.73 Å². The van der Waals surface area contributed by atoms with Crippen molar-refractivity contribution in [3.05, 3.63) is 29.8 Å². The van der Waals surface area contributed by atoms with Crippen LogP contribution < -0.4 is 5.73 Å². The summed E-state index contributed by atoms with van der Waals surface area (Å²) in [6.07, 6.45) is 0. The van der Waals surface area contributed by atoms with Crippen LogP contribution in [-0.2, 0) is 14.8 Å². The lowest BCUT2D eigenvalue weighted by atomic mass is 10.2. The number of benzene rings is 1. The maximum atomic E-state index is 12.6. The quantitative estimate of drug-likeness (QED) is 0.821. The Hall–Kier alpha value is -1.58. The number of thioether (sulfide) groups is 1. The van der Waals surface area contributed by atoms with Crippen LogP contribution in [0.4, 0.5) is 0 Å². The molecule has 1 heterocycles. The number of amides is 1. The SMILES string of the molecule is CC1SCC(C(=O)O)N1S(=O)(=O)c1ccc(C(N)=O)cc1. The average Bonchev–Trinajstić information content (AvgIpc) is 2.81. The zero-order valence-electron chi connectivity index (χ0n) is 11.1. The number of carboxylic acid groups (broad SMARTS) is 1. The summed E-state index contributed by atoms with van der Waals surface area (Å²) in [4.78, 5) is 22.1. The average molecular weight is 330 g/mol. The highest BCUT2D eigenvalue weighted by atomic mass is 32.2. The lowest BCUT2D eigenvalue weighted by molar-refractivity contribution is -0.140. The molecule has 114 valence electrons. The van der Waals surface area contributed by atoms with E-state index >= 15 is 0 Å². The first-order chi connectivity index (χ1) is 9.75. The van der Waals surface area contributed by atoms with E-state index in [9.17, 15) is 18.0 Å². The topological polar surface area (TPSA) is 118 Å². The fourth-order valence-electron chi connectivity index (χ4n) is 2.09. The van der Waals surface area contributed by atoms with E-state index in [1.54, 1.807) is 6.92 Å². The normalized spacial score (nSPS) is 23.1. The minimum Gasteiger partial charge on any atom is -0.480 e. The second-order valence-corrected chi connectivity index (χ2v) is 7.70. The zero-order valence-corrected chi connectivity index (χ0v) is 12.7. The van der Waals surface area contributed by atoms with Gasteiger partial charge in [0.25, 0.3) is 0 Å². The predicted octanol–water partition coefficient (Wildman–Crippen LogP) is 0.322. The molecule has 2 atom stereocenters. The van der Waals surface area contributed by atoms with Crippen molar-refractivity contribution < 1.29 is 23.1 Å². The summed E-state index contributed by atoms with van der Waals surface area (Å²) in [6.45, 7) is 1.64. The third-order valence-electron chi connectivity index (χ3n) is 3.16. The van der Waals surface area contributed by atoms with Gasteiger partial charge in [-0.3, -0.25) is 9.59 Å². The Morgan fingerprint density at radius 3 is 2.38 bits per heavy atom. The monoisotopic (exact) mass is 330 g/mol. The smallest absolute Gasteiger partial charge is 0.322 e. The van der Waals surface area contributed by atoms with E-state index in [1.807, 2.05) is 0 Å². The van der Waals surface area contributed by atoms with Gasteiger partial charge in [-0.05, 0) is 31.2 Å². The van der Waals surface area contributed by atoms with E-state index in [4.69, 9.17) is 10.8 Å². The molecule has 3 N–H and O–H groups in total. The molecule has 1 saturated heterocycles. The first kappa shape index (κ1) is 15.8. The molecule has 9 heteroatoms. The van der Waals surface area contributed by atoms with Crippen LogP contribution in [0.2, 0.25) is 0 Å². The Balaban J connectivity index is 2.40. The van der Waals surface area contributed by atoms with E-state index in [0.29, 0.717) is 0 Å². The molecule has 0 spiro atoms. The van der Waals surface area contributed by atoms with Gasteiger partial charge in [-0.15, -0.1) is 11.8 Å². The van der Waals surface area contributed by atoms with Crippen LogP contribution in [0.15, 0.2) is 29.2 Å². The Labute approximate surface area is 126 Å². The number of hydrogen-bond acceptors (Lipinski definition) is 5. The molecular weight excluding hydrogens is 316 g/mol. The van der Waals surface area contributed by atoms with Gasteiger partial charge in [0.15, 0.2) is 0 Å². The molecular formula is C12H14N2O5S2. The van der Waals surface area contributed by atoms with Crippen LogP contribution in [0.3, 0.4) is 0 Å². The second kappa shape index (κ2) is 5.66. The third-order valence-corrected chi connectivity index (χ3v) is 6.50. The maximum absolute atomic E-state index is 12.6. The number of rotatable bonds is 4. The summed E-state index contributed by atoms with van der Waals surface area (Å²) in [5.41, 5.74) is 5.29. The fraction of sp³-hybridized carbons (Fsp3) is 0.333. The van der Waals surface area contributed by atoms with E-state index in [2.05, 4.69) is 0 Å². The summed E-state index contributed by atoms with van der Waals surface area (Å²) in [7, 11) is -3.94. The minimum atomic E-state index is -3.94. The van der Waals surface area contributed by atoms with Gasteiger partial charge in [-0.1, -0.05) is 0 Å². The van der Waals surface area contributed by atoms with Gasteiger partial charge >= 0.3 is 5.97 Å². The van der Waals surface area contributed by atoms with Crippen LogP contribution in [0.25, 0.3) is 0 Å². The number of nitrogens with two attached hydrogens (primary N) is 1. The number of aliphatic carboxylic acids is 1. The highest BCUT2D eigenvalue weighted by Crippen LogP contribution is 2.34. The summed E-state index contributed by atoms with van der Waals surface area (Å²) in [6, 6.07) is 4.03. The fourth-order valence-corrected chi connectivity index (χ4v) is 5.38. The number of hydrogen-bond donors (Lipinski definition) is 2. The zero-order chi connectivity index (χ0) is 15.8. The minimum absolute atomic E-state index is 0.0619. The van der Waals surface area contributed by atoms with Crippen molar-refractivity contribution in [1.82, 2.24) is 4.31 Å². The molecule has 2 rings (SSSR count). The number of carboxylic acids is 1. The second-order valence-electron chi connectivity index (χ2n) is 4.51. The predicted molar refractivity (Wildman–Crippen MR) is 77.3 cm³/mol. The van der Waals surface area contributed by atoms with Gasteiger partial charge in [0.2, 0.25) is 15.9 Å². The van der Waals surface area contributed by atoms with Crippen molar-refractivity contribution in [1.29, 1.82) is 0 Å². The molecule has 0 bridgehead atoms. The Bertz CT molecular complexity index is 671. The van der Waals surface area contributed by atoms with Crippen LogP contribution in [0.1, 0.15) is 17.3 Å². The molecule has 1 fully saturated rings. The summed E-state index contributed by atoms with van der Waals surface area (Å²) in [5.74, 6) is -1.63. The molecule has 1 aromatic carbocycles. The van der Waals surface area contributed by atoms with E-state index in [0.717, 1.165) is 4.31 Å². The number of primary amides is 1. The highest BCUT2D eigenvalue weighted by Gasteiger charge is 2.44. The van der Waals surface area contributed by atoms with Gasteiger partial charge in [0, 0.05) is 11.3 Å². The van der Waals surface area contributed by atoms with Crippen molar-refractivity contribution in [3.63, 3.8) is 0 Å². The van der Waals surface area contributed by atoms with Crippen LogP contribution in [-0.4, -0.2) is 46.9 Å². The highest BCUT2D eigenvalue weighted by molar-refractivity contribution is 8.01. The Morgan fingerprint density at radius 1 is 1.33 bits per heavy atom. The van der Waals surface area contributed by atoms with Crippen LogP contribution >= 0.6 is 11.8 Å². The molecule has 0 saturated carbocycles. The molecule has 1 aliphatic heterocycles. The molecule has 7 nitrogen and oxygen atoms in total. The maximum Gasteiger partial charge on any atom is 0.322 e. The number of carbonyl (C=O) groups excluding carboxylic acids is 1. The number of carbonyl (C=O) groups is 2. The van der Waals surface area contributed by atoms with E-state index < -0.39 is 33.3 Å². The Kier molecular flexibility index (Phi) is 4.26. The summed E-state index contributed by atoms with van der Waals surface area (Å²) in [5, 5.41) is 8.68. The number of nitrogens with zero attached hydrogens (tertiary/aromatic N) is 1. The molecule has 0 aromatic heterocycles. The van der Waals surface area contributed by atoms with Crippen LogP contribution in [0.5, 0.6) is 0 Å². The largest absolute Gasteiger partial charge is 0.480 e. The first-order valence-electron chi connectivity index (χ1n) is 6.03. The van der Waals surface area contributed by atoms with E-state index in [-0.39, 0.29) is 16.2 Å². The van der Waals surface area contributed by atoms with Gasteiger partial charge < -0.3 is 10.8 Å². The van der Waals surface area contributed by atoms with Gasteiger partial charge in [-0.25, -0.2) is 8.42 Å². The Morgan fingerprint density at radius 2 is 1.90 bits per heavy atom. The van der Waals surface area contributed by atoms with Crippen molar-refractivity contribution in [2.45, 2.75) is 23.2 Å². The molecule has 21 heavy (non-hydrogen) atoms. The van der Waals surface area contributed by atoms with Gasteiger partial charge in [0.05, 0.1) is 10.3 Å². The van der Waals surface area contributed by atoms with Crippen molar-refractivity contribution in [3.8, 4) is 0 Å². The summed E-state index contributed by atoms with van der Waals surface area (Å²) < 4.78 is 26.1. The van der Waals surface area contributed by atoms with Crippen molar-refractivity contribution in [2.75, 3.05) is 5.75 Å². The van der Waals surface area contributed by atoms with Crippen molar-refractivity contribution >= 4 is 33.7 Å². The van der Waals surface area contributed by atoms with Crippen LogP contribution in [0, 0.1) is 0 Å².